The van der Waals surface area contributed by atoms with E-state index in [1.165, 1.54) is 0 Å². The SMILES string of the molecule is CC(NC(=O)NCc1cnn(-c2ccccc2)c1)c1cccc(Cl)c1. The molecule has 6 heteroatoms. The van der Waals surface area contributed by atoms with Gasteiger partial charge in [-0.05, 0) is 36.8 Å². The van der Waals surface area contributed by atoms with E-state index in [9.17, 15) is 4.79 Å². The molecule has 0 aliphatic carbocycles. The van der Waals surface area contributed by atoms with Crippen molar-refractivity contribution < 1.29 is 4.79 Å². The molecule has 0 fully saturated rings. The van der Waals surface area contributed by atoms with Crippen LogP contribution in [0.3, 0.4) is 0 Å². The highest BCUT2D eigenvalue weighted by molar-refractivity contribution is 6.30. The zero-order chi connectivity index (χ0) is 17.6. The third-order valence-corrected chi connectivity index (χ3v) is 4.04. The van der Waals surface area contributed by atoms with Crippen LogP contribution in [0, 0.1) is 0 Å². The summed E-state index contributed by atoms with van der Waals surface area (Å²) in [5, 5.41) is 10.7. The van der Waals surface area contributed by atoms with Gasteiger partial charge in [0.2, 0.25) is 0 Å². The van der Waals surface area contributed by atoms with E-state index in [1.807, 2.05) is 67.7 Å². The van der Waals surface area contributed by atoms with Gasteiger partial charge in [0.15, 0.2) is 0 Å². The number of para-hydroxylation sites is 1. The normalized spacial score (nSPS) is 11.8. The first kappa shape index (κ1) is 17.0. The van der Waals surface area contributed by atoms with E-state index in [2.05, 4.69) is 15.7 Å². The van der Waals surface area contributed by atoms with Gasteiger partial charge < -0.3 is 10.6 Å². The molecule has 0 aliphatic rings. The van der Waals surface area contributed by atoms with E-state index in [1.54, 1.807) is 10.9 Å². The van der Waals surface area contributed by atoms with Crippen molar-refractivity contribution in [2.75, 3.05) is 0 Å². The Balaban J connectivity index is 1.53. The lowest BCUT2D eigenvalue weighted by Crippen LogP contribution is -2.36. The fraction of sp³-hybridized carbons (Fsp3) is 0.158. The molecule has 0 spiro atoms. The second-order valence-electron chi connectivity index (χ2n) is 5.73. The van der Waals surface area contributed by atoms with Crippen LogP contribution in [0.25, 0.3) is 5.69 Å². The molecule has 128 valence electrons. The molecule has 0 saturated carbocycles. The van der Waals surface area contributed by atoms with Gasteiger partial charge in [0.05, 0.1) is 17.9 Å². The minimum Gasteiger partial charge on any atom is -0.334 e. The van der Waals surface area contributed by atoms with Gasteiger partial charge in [0, 0.05) is 23.3 Å². The standard InChI is InChI=1S/C19H19ClN4O/c1-14(16-6-5-7-17(20)10-16)23-19(25)21-11-15-12-22-24(13-15)18-8-3-2-4-9-18/h2-10,12-14H,11H2,1H3,(H2,21,23,25). The van der Waals surface area contributed by atoms with Crippen molar-refractivity contribution in [3.63, 3.8) is 0 Å². The van der Waals surface area contributed by atoms with Gasteiger partial charge in [-0.15, -0.1) is 0 Å². The number of carbonyl (C=O) groups excluding carboxylic acids is 1. The summed E-state index contributed by atoms with van der Waals surface area (Å²) in [4.78, 5) is 12.1. The summed E-state index contributed by atoms with van der Waals surface area (Å²) in [5.41, 5.74) is 2.86. The molecule has 2 aromatic carbocycles. The molecule has 5 nitrogen and oxygen atoms in total. The summed E-state index contributed by atoms with van der Waals surface area (Å²) in [6.45, 7) is 2.32. The van der Waals surface area contributed by atoms with Crippen LogP contribution in [0.4, 0.5) is 4.79 Å². The Morgan fingerprint density at radius 3 is 2.76 bits per heavy atom. The Morgan fingerprint density at radius 2 is 2.00 bits per heavy atom. The molecule has 3 aromatic rings. The number of carbonyl (C=O) groups is 1. The molecule has 2 N–H and O–H groups in total. The van der Waals surface area contributed by atoms with E-state index in [0.29, 0.717) is 11.6 Å². The summed E-state index contributed by atoms with van der Waals surface area (Å²) in [6.07, 6.45) is 3.64. The molecule has 25 heavy (non-hydrogen) atoms. The van der Waals surface area contributed by atoms with Gasteiger partial charge in [0.1, 0.15) is 0 Å². The maximum Gasteiger partial charge on any atom is 0.315 e. The van der Waals surface area contributed by atoms with E-state index in [-0.39, 0.29) is 12.1 Å². The van der Waals surface area contributed by atoms with Crippen molar-refractivity contribution in [3.05, 3.63) is 83.1 Å². The van der Waals surface area contributed by atoms with Gasteiger partial charge in [-0.25, -0.2) is 9.48 Å². The minimum atomic E-state index is -0.236. The molecule has 2 amide bonds. The van der Waals surface area contributed by atoms with E-state index < -0.39 is 0 Å². The number of halogens is 1. The van der Waals surface area contributed by atoms with Crippen molar-refractivity contribution in [2.24, 2.45) is 0 Å². The Kier molecular flexibility index (Phi) is 5.36. The molecular formula is C19H19ClN4O. The summed E-state index contributed by atoms with van der Waals surface area (Å²) in [7, 11) is 0. The fourth-order valence-electron chi connectivity index (χ4n) is 2.46. The van der Waals surface area contributed by atoms with Crippen molar-refractivity contribution >= 4 is 17.6 Å². The van der Waals surface area contributed by atoms with Crippen molar-refractivity contribution in [1.29, 1.82) is 0 Å². The minimum absolute atomic E-state index is 0.134. The van der Waals surface area contributed by atoms with Gasteiger partial charge in [-0.3, -0.25) is 0 Å². The number of amides is 2. The van der Waals surface area contributed by atoms with Crippen molar-refractivity contribution in [3.8, 4) is 5.69 Å². The van der Waals surface area contributed by atoms with Crippen LogP contribution < -0.4 is 10.6 Å². The highest BCUT2D eigenvalue weighted by Crippen LogP contribution is 2.17. The molecule has 0 bridgehead atoms. The monoisotopic (exact) mass is 354 g/mol. The number of hydrogen-bond donors (Lipinski definition) is 2. The van der Waals surface area contributed by atoms with Gasteiger partial charge in [-0.1, -0.05) is 41.9 Å². The molecule has 1 unspecified atom stereocenters. The molecule has 1 atom stereocenters. The van der Waals surface area contributed by atoms with E-state index in [4.69, 9.17) is 11.6 Å². The molecule has 0 aliphatic heterocycles. The maximum absolute atomic E-state index is 12.1. The Morgan fingerprint density at radius 1 is 1.20 bits per heavy atom. The second-order valence-corrected chi connectivity index (χ2v) is 6.17. The summed E-state index contributed by atoms with van der Waals surface area (Å²) >= 11 is 5.98. The van der Waals surface area contributed by atoms with Crippen LogP contribution in [0.5, 0.6) is 0 Å². The van der Waals surface area contributed by atoms with Crippen molar-refractivity contribution in [1.82, 2.24) is 20.4 Å². The number of urea groups is 1. The van der Waals surface area contributed by atoms with Crippen molar-refractivity contribution in [2.45, 2.75) is 19.5 Å². The highest BCUT2D eigenvalue weighted by atomic mass is 35.5. The lowest BCUT2D eigenvalue weighted by Gasteiger charge is -2.15. The number of nitrogens with zero attached hydrogens (tertiary/aromatic N) is 2. The molecule has 0 saturated heterocycles. The Hall–Kier alpha value is -2.79. The first-order valence-corrected chi connectivity index (χ1v) is 8.38. The first-order valence-electron chi connectivity index (χ1n) is 8.00. The average molecular weight is 355 g/mol. The first-order chi connectivity index (χ1) is 12.1. The quantitative estimate of drug-likeness (QED) is 0.725. The lowest BCUT2D eigenvalue weighted by molar-refractivity contribution is 0.237. The summed E-state index contributed by atoms with van der Waals surface area (Å²) < 4.78 is 1.78. The third kappa shape index (κ3) is 4.61. The molecular weight excluding hydrogens is 336 g/mol. The number of rotatable bonds is 5. The predicted octanol–water partition coefficient (Wildman–Crippen LogP) is 4.09. The van der Waals surface area contributed by atoms with Gasteiger partial charge in [0.25, 0.3) is 0 Å². The zero-order valence-corrected chi connectivity index (χ0v) is 14.6. The number of benzene rings is 2. The summed E-state index contributed by atoms with van der Waals surface area (Å²) in [6, 6.07) is 16.9. The molecule has 0 radical (unpaired) electrons. The van der Waals surface area contributed by atoms with Crippen LogP contribution >= 0.6 is 11.6 Å². The fourth-order valence-corrected chi connectivity index (χ4v) is 2.66. The predicted molar refractivity (Wildman–Crippen MR) is 98.8 cm³/mol. The number of aromatic nitrogens is 2. The van der Waals surface area contributed by atoms with Gasteiger partial charge >= 0.3 is 6.03 Å². The number of hydrogen-bond acceptors (Lipinski definition) is 2. The van der Waals surface area contributed by atoms with E-state index >= 15 is 0 Å². The highest BCUT2D eigenvalue weighted by Gasteiger charge is 2.10. The Bertz CT molecular complexity index is 847. The van der Waals surface area contributed by atoms with Gasteiger partial charge in [-0.2, -0.15) is 5.10 Å². The molecule has 3 rings (SSSR count). The third-order valence-electron chi connectivity index (χ3n) is 3.81. The van der Waals surface area contributed by atoms with Crippen LogP contribution in [0.1, 0.15) is 24.1 Å². The average Bonchev–Trinajstić information content (AvgIpc) is 3.10. The second kappa shape index (κ2) is 7.85. The summed E-state index contributed by atoms with van der Waals surface area (Å²) in [5.74, 6) is 0. The smallest absolute Gasteiger partial charge is 0.315 e. The Labute approximate surface area is 151 Å². The lowest BCUT2D eigenvalue weighted by atomic mass is 10.1. The van der Waals surface area contributed by atoms with Crippen LogP contribution in [0.15, 0.2) is 67.0 Å². The largest absolute Gasteiger partial charge is 0.334 e. The van der Waals surface area contributed by atoms with E-state index in [0.717, 1.165) is 16.8 Å². The topological polar surface area (TPSA) is 59.0 Å². The zero-order valence-electron chi connectivity index (χ0n) is 13.8. The van der Waals surface area contributed by atoms with Crippen LogP contribution in [-0.2, 0) is 6.54 Å². The number of nitrogens with one attached hydrogen (secondary N) is 2. The molecule has 1 heterocycles. The van der Waals surface area contributed by atoms with Crippen LogP contribution in [0.2, 0.25) is 5.02 Å². The maximum atomic E-state index is 12.1. The van der Waals surface area contributed by atoms with Crippen LogP contribution in [-0.4, -0.2) is 15.8 Å². The molecule has 1 aromatic heterocycles.